The van der Waals surface area contributed by atoms with Crippen LogP contribution in [0.3, 0.4) is 0 Å². The first kappa shape index (κ1) is 16.4. The van der Waals surface area contributed by atoms with Gasteiger partial charge >= 0.3 is 12.1 Å². The number of rotatable bonds is 2. The van der Waals surface area contributed by atoms with Gasteiger partial charge in [0.2, 0.25) is 0 Å². The van der Waals surface area contributed by atoms with Crippen LogP contribution in [0.25, 0.3) is 0 Å². The Morgan fingerprint density at radius 1 is 1.36 bits per heavy atom. The SMILES string of the molecule is CC1OC(=O)C2CC3CCCCC3[C@@H](OC(=O)Nc3cccnc3)C12. The molecule has 25 heavy (non-hydrogen) atoms. The Morgan fingerprint density at radius 3 is 3.00 bits per heavy atom. The van der Waals surface area contributed by atoms with Gasteiger partial charge in [0.05, 0.1) is 17.8 Å². The van der Waals surface area contributed by atoms with E-state index in [1.54, 1.807) is 24.5 Å². The first-order chi connectivity index (χ1) is 12.1. The van der Waals surface area contributed by atoms with Crippen molar-refractivity contribution in [3.8, 4) is 0 Å². The van der Waals surface area contributed by atoms with Gasteiger partial charge in [0.15, 0.2) is 0 Å². The van der Waals surface area contributed by atoms with Crippen LogP contribution in [0.5, 0.6) is 0 Å². The fourth-order valence-corrected chi connectivity index (χ4v) is 5.03. The molecule has 5 unspecified atom stereocenters. The smallest absolute Gasteiger partial charge is 0.411 e. The molecule has 1 aromatic heterocycles. The molecule has 6 atom stereocenters. The molecule has 1 aromatic rings. The van der Waals surface area contributed by atoms with Crippen LogP contribution in [0.1, 0.15) is 39.0 Å². The van der Waals surface area contributed by atoms with Gasteiger partial charge in [0.25, 0.3) is 0 Å². The zero-order valence-electron chi connectivity index (χ0n) is 14.4. The molecule has 4 rings (SSSR count). The predicted molar refractivity (Wildman–Crippen MR) is 90.7 cm³/mol. The van der Waals surface area contributed by atoms with Crippen LogP contribution in [-0.4, -0.2) is 29.3 Å². The van der Waals surface area contributed by atoms with E-state index in [4.69, 9.17) is 9.47 Å². The Labute approximate surface area is 147 Å². The van der Waals surface area contributed by atoms with Crippen LogP contribution >= 0.6 is 0 Å². The molecule has 1 aliphatic heterocycles. The molecule has 0 spiro atoms. The van der Waals surface area contributed by atoms with Crippen LogP contribution in [0.2, 0.25) is 0 Å². The Balaban J connectivity index is 1.53. The number of ether oxygens (including phenoxy) is 2. The minimum absolute atomic E-state index is 0.0356. The lowest BCUT2D eigenvalue weighted by Gasteiger charge is -2.45. The number of nitrogens with zero attached hydrogens (tertiary/aromatic N) is 1. The zero-order chi connectivity index (χ0) is 17.4. The maximum Gasteiger partial charge on any atom is 0.411 e. The van der Waals surface area contributed by atoms with Crippen molar-refractivity contribution in [1.82, 2.24) is 4.98 Å². The number of pyridine rings is 1. The van der Waals surface area contributed by atoms with E-state index in [9.17, 15) is 9.59 Å². The highest BCUT2D eigenvalue weighted by molar-refractivity contribution is 5.84. The van der Waals surface area contributed by atoms with E-state index in [0.29, 0.717) is 17.5 Å². The van der Waals surface area contributed by atoms with Crippen molar-refractivity contribution in [2.45, 2.75) is 51.2 Å². The highest BCUT2D eigenvalue weighted by Gasteiger charge is 2.56. The summed E-state index contributed by atoms with van der Waals surface area (Å²) in [6.45, 7) is 1.92. The summed E-state index contributed by atoms with van der Waals surface area (Å²) >= 11 is 0. The fraction of sp³-hybridized carbons (Fsp3) is 0.632. The third kappa shape index (κ3) is 3.10. The number of amides is 1. The molecule has 1 amide bonds. The number of aromatic nitrogens is 1. The molecule has 2 aliphatic carbocycles. The average molecular weight is 344 g/mol. The quantitative estimate of drug-likeness (QED) is 0.832. The molecule has 3 aliphatic rings. The average Bonchev–Trinajstić information content (AvgIpc) is 2.89. The predicted octanol–water partition coefficient (Wildman–Crippen LogP) is 3.39. The number of hydrogen-bond donors (Lipinski definition) is 1. The van der Waals surface area contributed by atoms with Gasteiger partial charge < -0.3 is 9.47 Å². The normalized spacial score (nSPS) is 36.8. The summed E-state index contributed by atoms with van der Waals surface area (Å²) in [5.41, 5.74) is 0.604. The summed E-state index contributed by atoms with van der Waals surface area (Å²) in [7, 11) is 0. The van der Waals surface area contributed by atoms with Gasteiger partial charge in [0, 0.05) is 12.1 Å². The number of cyclic esters (lactones) is 1. The standard InChI is InChI=1S/C19H24N2O4/c1-11-16-15(18(22)24-11)9-12-5-2-3-7-14(12)17(16)25-19(23)21-13-6-4-8-20-10-13/h4,6,8,10-12,14-17H,2-3,5,7,9H2,1H3,(H,21,23)/t11?,12?,14?,15?,16?,17-/m1/s1. The fourth-order valence-electron chi connectivity index (χ4n) is 5.03. The van der Waals surface area contributed by atoms with Gasteiger partial charge in [-0.25, -0.2) is 4.79 Å². The molecule has 1 saturated heterocycles. The number of carbonyl (C=O) groups is 2. The minimum atomic E-state index is -0.477. The summed E-state index contributed by atoms with van der Waals surface area (Å²) in [4.78, 5) is 28.7. The maximum atomic E-state index is 12.4. The molecule has 2 saturated carbocycles. The van der Waals surface area contributed by atoms with Gasteiger partial charge in [0.1, 0.15) is 12.2 Å². The second-order valence-corrected chi connectivity index (χ2v) is 7.51. The summed E-state index contributed by atoms with van der Waals surface area (Å²) in [5, 5.41) is 2.74. The Kier molecular flexibility index (Phi) is 4.36. The van der Waals surface area contributed by atoms with Crippen LogP contribution < -0.4 is 5.32 Å². The topological polar surface area (TPSA) is 77.5 Å². The van der Waals surface area contributed by atoms with E-state index in [1.807, 2.05) is 6.92 Å². The van der Waals surface area contributed by atoms with Crippen molar-refractivity contribution < 1.29 is 19.1 Å². The molecule has 6 heteroatoms. The first-order valence-corrected chi connectivity index (χ1v) is 9.21. The van der Waals surface area contributed by atoms with Crippen LogP contribution in [0.4, 0.5) is 10.5 Å². The van der Waals surface area contributed by atoms with Crippen molar-refractivity contribution in [2.24, 2.45) is 23.7 Å². The number of fused-ring (bicyclic) bond motifs is 2. The Bertz CT molecular complexity index is 650. The van der Waals surface area contributed by atoms with Crippen molar-refractivity contribution in [3.63, 3.8) is 0 Å². The molecule has 134 valence electrons. The van der Waals surface area contributed by atoms with Gasteiger partial charge in [-0.3, -0.25) is 15.1 Å². The number of hydrogen-bond acceptors (Lipinski definition) is 5. The lowest BCUT2D eigenvalue weighted by atomic mass is 9.61. The zero-order valence-corrected chi connectivity index (χ0v) is 14.4. The molecule has 3 fully saturated rings. The first-order valence-electron chi connectivity index (χ1n) is 9.21. The van der Waals surface area contributed by atoms with E-state index in [0.717, 1.165) is 25.7 Å². The molecular formula is C19H24N2O4. The van der Waals surface area contributed by atoms with Crippen molar-refractivity contribution in [3.05, 3.63) is 24.5 Å². The van der Waals surface area contributed by atoms with E-state index in [2.05, 4.69) is 10.3 Å². The van der Waals surface area contributed by atoms with Crippen molar-refractivity contribution in [1.29, 1.82) is 0 Å². The van der Waals surface area contributed by atoms with Gasteiger partial charge in [-0.1, -0.05) is 19.3 Å². The summed E-state index contributed by atoms with van der Waals surface area (Å²) < 4.78 is 11.4. The van der Waals surface area contributed by atoms with Crippen LogP contribution in [0.15, 0.2) is 24.5 Å². The van der Waals surface area contributed by atoms with Gasteiger partial charge in [-0.15, -0.1) is 0 Å². The Morgan fingerprint density at radius 2 is 2.20 bits per heavy atom. The van der Waals surface area contributed by atoms with Crippen molar-refractivity contribution in [2.75, 3.05) is 5.32 Å². The van der Waals surface area contributed by atoms with Crippen molar-refractivity contribution >= 4 is 17.7 Å². The van der Waals surface area contributed by atoms with Gasteiger partial charge in [-0.2, -0.15) is 0 Å². The van der Waals surface area contributed by atoms with E-state index < -0.39 is 6.09 Å². The monoisotopic (exact) mass is 344 g/mol. The lowest BCUT2D eigenvalue weighted by molar-refractivity contribution is -0.144. The molecule has 0 aromatic carbocycles. The van der Waals surface area contributed by atoms with Gasteiger partial charge in [-0.05, 0) is 43.7 Å². The number of carbonyl (C=O) groups excluding carboxylic acids is 2. The summed E-state index contributed by atoms with van der Waals surface area (Å²) in [6.07, 6.45) is 7.69. The molecular weight excluding hydrogens is 320 g/mol. The second-order valence-electron chi connectivity index (χ2n) is 7.51. The van der Waals surface area contributed by atoms with E-state index in [1.165, 1.54) is 6.42 Å². The van der Waals surface area contributed by atoms with E-state index >= 15 is 0 Å². The minimum Gasteiger partial charge on any atom is -0.462 e. The van der Waals surface area contributed by atoms with Crippen LogP contribution in [0, 0.1) is 23.7 Å². The molecule has 0 bridgehead atoms. The number of nitrogens with one attached hydrogen (secondary N) is 1. The highest BCUT2D eigenvalue weighted by atomic mass is 16.6. The second kappa shape index (κ2) is 6.65. The third-order valence-electron chi connectivity index (χ3n) is 6.09. The number of esters is 1. The molecule has 1 N–H and O–H groups in total. The summed E-state index contributed by atoms with van der Waals surface area (Å²) in [6, 6.07) is 3.53. The maximum absolute atomic E-state index is 12.4. The summed E-state index contributed by atoms with van der Waals surface area (Å²) in [5.74, 6) is 0.482. The third-order valence-corrected chi connectivity index (χ3v) is 6.09. The van der Waals surface area contributed by atoms with Crippen LogP contribution in [-0.2, 0) is 14.3 Å². The number of anilines is 1. The lowest BCUT2D eigenvalue weighted by Crippen LogP contribution is -2.49. The van der Waals surface area contributed by atoms with E-state index in [-0.39, 0.29) is 30.0 Å². The molecule has 0 radical (unpaired) electrons. The highest BCUT2D eigenvalue weighted by Crippen LogP contribution is 2.51. The molecule has 2 heterocycles. The largest absolute Gasteiger partial charge is 0.462 e. The Hall–Kier alpha value is -2.11. The molecule has 6 nitrogen and oxygen atoms in total.